The van der Waals surface area contributed by atoms with Crippen molar-refractivity contribution in [3.8, 4) is 0 Å². The van der Waals surface area contributed by atoms with Gasteiger partial charge >= 0.3 is 0 Å². The molecule has 0 atom stereocenters. The summed E-state index contributed by atoms with van der Waals surface area (Å²) in [5, 5.41) is 0. The Balaban J connectivity index is 2.03. The molecule has 4 heteroatoms. The number of nitrogens with two attached hydrogens (primary N) is 1. The highest BCUT2D eigenvalue weighted by molar-refractivity contribution is 5.80. The first-order chi connectivity index (χ1) is 8.90. The molecule has 1 aromatic carbocycles. The summed E-state index contributed by atoms with van der Waals surface area (Å²) in [7, 11) is 2.11. The molecule has 0 radical (unpaired) electrons. The molecule has 1 saturated heterocycles. The molecule has 0 unspecified atom stereocenters. The minimum absolute atomic E-state index is 0.0378. The molecular formula is C15H23N3O. The van der Waals surface area contributed by atoms with Gasteiger partial charge in [0.1, 0.15) is 0 Å². The van der Waals surface area contributed by atoms with Gasteiger partial charge in [-0.25, -0.2) is 0 Å². The van der Waals surface area contributed by atoms with Crippen molar-refractivity contribution in [1.29, 1.82) is 0 Å². The van der Waals surface area contributed by atoms with Crippen LogP contribution in [0.15, 0.2) is 24.3 Å². The molecule has 0 bridgehead atoms. The number of piperazine rings is 1. The Bertz CT molecular complexity index is 470. The summed E-state index contributed by atoms with van der Waals surface area (Å²) >= 11 is 0. The highest BCUT2D eigenvalue weighted by atomic mass is 16.2. The van der Waals surface area contributed by atoms with Crippen molar-refractivity contribution in [2.75, 3.05) is 32.4 Å². The van der Waals surface area contributed by atoms with E-state index in [1.165, 1.54) is 0 Å². The molecule has 4 nitrogen and oxygen atoms in total. The van der Waals surface area contributed by atoms with E-state index in [4.69, 9.17) is 5.73 Å². The maximum Gasteiger partial charge on any atom is 0.227 e. The lowest BCUT2D eigenvalue weighted by atomic mass is 9.99. The number of carbonyl (C=O) groups excluding carboxylic acids is 1. The van der Waals surface area contributed by atoms with Crippen LogP contribution in [0.3, 0.4) is 0 Å². The normalized spacial score (nSPS) is 19.4. The fourth-order valence-electron chi connectivity index (χ4n) is 2.42. The van der Waals surface area contributed by atoms with Gasteiger partial charge in [-0.1, -0.05) is 18.2 Å². The summed E-state index contributed by atoms with van der Waals surface area (Å²) in [6, 6.07) is 7.58. The average Bonchev–Trinajstić information content (AvgIpc) is 2.35. The SMILES string of the molecule is CN1CCN(C(=O)Cc2ccccc2N)CC1(C)C. The lowest BCUT2D eigenvalue weighted by molar-refractivity contribution is -0.134. The largest absolute Gasteiger partial charge is 0.398 e. The minimum Gasteiger partial charge on any atom is -0.398 e. The molecule has 1 aliphatic rings. The Hall–Kier alpha value is -1.55. The van der Waals surface area contributed by atoms with Crippen molar-refractivity contribution >= 4 is 11.6 Å². The summed E-state index contributed by atoms with van der Waals surface area (Å²) in [4.78, 5) is 16.6. The molecule has 104 valence electrons. The van der Waals surface area contributed by atoms with Crippen molar-refractivity contribution in [3.05, 3.63) is 29.8 Å². The number of anilines is 1. The molecule has 0 saturated carbocycles. The van der Waals surface area contributed by atoms with Crippen molar-refractivity contribution in [2.45, 2.75) is 25.8 Å². The van der Waals surface area contributed by atoms with Crippen molar-refractivity contribution in [3.63, 3.8) is 0 Å². The van der Waals surface area contributed by atoms with E-state index in [0.29, 0.717) is 12.1 Å². The van der Waals surface area contributed by atoms with Crippen LogP contribution in [0.25, 0.3) is 0 Å². The Labute approximate surface area is 115 Å². The van der Waals surface area contributed by atoms with E-state index < -0.39 is 0 Å². The zero-order valence-electron chi connectivity index (χ0n) is 12.0. The van der Waals surface area contributed by atoms with Gasteiger partial charge in [-0.05, 0) is 32.5 Å². The highest BCUT2D eigenvalue weighted by Crippen LogP contribution is 2.20. The number of nitrogen functional groups attached to an aromatic ring is 1. The van der Waals surface area contributed by atoms with Gasteiger partial charge in [-0.3, -0.25) is 9.69 Å². The maximum atomic E-state index is 12.4. The molecule has 1 aliphatic heterocycles. The van der Waals surface area contributed by atoms with Crippen LogP contribution in [0, 0.1) is 0 Å². The van der Waals surface area contributed by atoms with Crippen molar-refractivity contribution < 1.29 is 4.79 Å². The number of hydrogen-bond acceptors (Lipinski definition) is 3. The Morgan fingerprint density at radius 3 is 2.63 bits per heavy atom. The van der Waals surface area contributed by atoms with E-state index >= 15 is 0 Å². The number of carbonyl (C=O) groups is 1. The van der Waals surface area contributed by atoms with Crippen LogP contribution in [-0.4, -0.2) is 47.9 Å². The molecule has 0 spiro atoms. The Morgan fingerprint density at radius 1 is 1.32 bits per heavy atom. The lowest BCUT2D eigenvalue weighted by Gasteiger charge is -2.45. The van der Waals surface area contributed by atoms with Crippen LogP contribution in [-0.2, 0) is 11.2 Å². The summed E-state index contributed by atoms with van der Waals surface area (Å²) in [5.74, 6) is 0.166. The maximum absolute atomic E-state index is 12.4. The van der Waals surface area contributed by atoms with Crippen LogP contribution in [0.4, 0.5) is 5.69 Å². The molecule has 0 aliphatic carbocycles. The summed E-state index contributed by atoms with van der Waals surface area (Å²) in [5.41, 5.74) is 7.55. The monoisotopic (exact) mass is 261 g/mol. The number of amides is 1. The standard InChI is InChI=1S/C15H23N3O/c1-15(2)11-18(9-8-17(15)3)14(19)10-12-6-4-5-7-13(12)16/h4-7H,8-11,16H2,1-3H3. The third-order valence-electron chi connectivity index (χ3n) is 4.07. The number of rotatable bonds is 2. The topological polar surface area (TPSA) is 49.6 Å². The molecule has 1 heterocycles. The first-order valence-electron chi connectivity index (χ1n) is 6.72. The number of hydrogen-bond donors (Lipinski definition) is 1. The zero-order valence-corrected chi connectivity index (χ0v) is 12.0. The number of nitrogens with zero attached hydrogens (tertiary/aromatic N) is 2. The van der Waals surface area contributed by atoms with Crippen LogP contribution in [0.5, 0.6) is 0 Å². The first kappa shape index (κ1) is 13.9. The van der Waals surface area contributed by atoms with E-state index in [0.717, 1.165) is 25.2 Å². The van der Waals surface area contributed by atoms with Gasteiger partial charge in [0.2, 0.25) is 5.91 Å². The zero-order chi connectivity index (χ0) is 14.0. The molecule has 2 rings (SSSR count). The number of likely N-dealkylation sites (N-methyl/N-ethyl adjacent to an activating group) is 1. The second-order valence-corrected chi connectivity index (χ2v) is 5.92. The fourth-order valence-corrected chi connectivity index (χ4v) is 2.42. The minimum atomic E-state index is 0.0378. The van der Waals surface area contributed by atoms with E-state index in [1.54, 1.807) is 0 Å². The van der Waals surface area contributed by atoms with Gasteiger partial charge in [0.25, 0.3) is 0 Å². The smallest absolute Gasteiger partial charge is 0.227 e. The molecule has 19 heavy (non-hydrogen) atoms. The van der Waals surface area contributed by atoms with E-state index in [9.17, 15) is 4.79 Å². The summed E-state index contributed by atoms with van der Waals surface area (Å²) in [6.07, 6.45) is 0.395. The second-order valence-electron chi connectivity index (χ2n) is 5.92. The van der Waals surface area contributed by atoms with Gasteiger partial charge in [0, 0.05) is 30.9 Å². The molecule has 2 N–H and O–H groups in total. The summed E-state index contributed by atoms with van der Waals surface area (Å²) < 4.78 is 0. The Kier molecular flexibility index (Phi) is 3.80. The van der Waals surface area contributed by atoms with E-state index in [2.05, 4.69) is 25.8 Å². The van der Waals surface area contributed by atoms with Crippen LogP contribution < -0.4 is 5.73 Å². The highest BCUT2D eigenvalue weighted by Gasteiger charge is 2.33. The predicted octanol–water partition coefficient (Wildman–Crippen LogP) is 1.36. The lowest BCUT2D eigenvalue weighted by Crippen LogP contribution is -2.59. The third-order valence-corrected chi connectivity index (χ3v) is 4.07. The van der Waals surface area contributed by atoms with Gasteiger partial charge in [-0.15, -0.1) is 0 Å². The van der Waals surface area contributed by atoms with Gasteiger partial charge in [0.05, 0.1) is 6.42 Å². The number of para-hydroxylation sites is 1. The average molecular weight is 261 g/mol. The third kappa shape index (κ3) is 3.07. The molecule has 0 aromatic heterocycles. The predicted molar refractivity (Wildman–Crippen MR) is 77.8 cm³/mol. The van der Waals surface area contributed by atoms with Crippen molar-refractivity contribution in [2.24, 2.45) is 0 Å². The fraction of sp³-hybridized carbons (Fsp3) is 0.533. The van der Waals surface area contributed by atoms with Gasteiger partial charge in [-0.2, -0.15) is 0 Å². The van der Waals surface area contributed by atoms with E-state index in [1.807, 2.05) is 29.2 Å². The first-order valence-corrected chi connectivity index (χ1v) is 6.72. The Morgan fingerprint density at radius 2 is 2.00 bits per heavy atom. The molecule has 1 amide bonds. The van der Waals surface area contributed by atoms with Gasteiger partial charge in [0.15, 0.2) is 0 Å². The van der Waals surface area contributed by atoms with Crippen LogP contribution in [0.2, 0.25) is 0 Å². The van der Waals surface area contributed by atoms with E-state index in [-0.39, 0.29) is 11.4 Å². The quantitative estimate of drug-likeness (QED) is 0.818. The molecule has 1 fully saturated rings. The summed E-state index contributed by atoms with van der Waals surface area (Å²) in [6.45, 7) is 6.83. The second kappa shape index (κ2) is 5.21. The number of benzene rings is 1. The molecule has 1 aromatic rings. The van der Waals surface area contributed by atoms with Gasteiger partial charge < -0.3 is 10.6 Å². The molecular weight excluding hydrogens is 238 g/mol. The van der Waals surface area contributed by atoms with Crippen LogP contribution in [0.1, 0.15) is 19.4 Å². The van der Waals surface area contributed by atoms with Crippen LogP contribution >= 0.6 is 0 Å². The van der Waals surface area contributed by atoms with Crippen molar-refractivity contribution in [1.82, 2.24) is 9.80 Å².